The van der Waals surface area contributed by atoms with Gasteiger partial charge in [-0.05, 0) is 52.7 Å². The van der Waals surface area contributed by atoms with E-state index in [-0.39, 0.29) is 17.1 Å². The fourth-order valence-corrected chi connectivity index (χ4v) is 4.24. The van der Waals surface area contributed by atoms with Gasteiger partial charge < -0.3 is 26.4 Å². The van der Waals surface area contributed by atoms with Crippen LogP contribution in [0, 0.1) is 0 Å². The number of nitrogens with one attached hydrogen (secondary N) is 3. The first-order chi connectivity index (χ1) is 13.6. The second-order valence-corrected chi connectivity index (χ2v) is 8.79. The van der Waals surface area contributed by atoms with E-state index in [1.54, 1.807) is 18.2 Å². The lowest BCUT2D eigenvalue weighted by atomic mass is 9.79. The van der Waals surface area contributed by atoms with Gasteiger partial charge in [-0.25, -0.2) is 14.8 Å². The van der Waals surface area contributed by atoms with Gasteiger partial charge in [0.1, 0.15) is 12.0 Å². The van der Waals surface area contributed by atoms with Gasteiger partial charge in [-0.2, -0.15) is 0 Å². The Morgan fingerprint density at radius 2 is 1.76 bits per heavy atom. The van der Waals surface area contributed by atoms with Crippen LogP contribution in [-0.2, 0) is 4.74 Å². The van der Waals surface area contributed by atoms with Crippen molar-refractivity contribution in [3.05, 3.63) is 36.2 Å². The third kappa shape index (κ3) is 4.95. The molecule has 8 heteroatoms. The Morgan fingerprint density at radius 3 is 2.41 bits per heavy atom. The molecule has 0 aliphatic carbocycles. The Labute approximate surface area is 171 Å². The molecule has 2 heterocycles. The number of nitrogens with two attached hydrogens (primary N) is 1. The van der Waals surface area contributed by atoms with Crippen molar-refractivity contribution in [2.45, 2.75) is 57.7 Å². The van der Waals surface area contributed by atoms with Gasteiger partial charge in [0.05, 0.1) is 18.4 Å². The quantitative estimate of drug-likeness (QED) is 0.567. The van der Waals surface area contributed by atoms with Crippen molar-refractivity contribution in [1.29, 1.82) is 0 Å². The number of benzene rings is 1. The number of piperidine rings is 1. The number of para-hydroxylation sites is 1. The first-order valence-electron chi connectivity index (χ1n) is 9.71. The van der Waals surface area contributed by atoms with E-state index < -0.39 is 5.97 Å². The molecule has 2 aromatic rings. The molecule has 0 amide bonds. The lowest BCUT2D eigenvalue weighted by molar-refractivity contribution is 0.0602. The number of anilines is 4. The van der Waals surface area contributed by atoms with Gasteiger partial charge in [0, 0.05) is 17.1 Å². The molecule has 1 fully saturated rings. The van der Waals surface area contributed by atoms with Crippen LogP contribution in [0.15, 0.2) is 30.6 Å². The summed E-state index contributed by atoms with van der Waals surface area (Å²) in [5, 5.41) is 10.3. The number of methoxy groups -OCH3 is 1. The van der Waals surface area contributed by atoms with Crippen LogP contribution >= 0.6 is 0 Å². The number of hydrogen-bond donors (Lipinski definition) is 4. The highest BCUT2D eigenvalue weighted by Crippen LogP contribution is 2.33. The predicted molar refractivity (Wildman–Crippen MR) is 115 cm³/mol. The molecule has 1 saturated heterocycles. The molecule has 1 aromatic carbocycles. The van der Waals surface area contributed by atoms with E-state index in [0.717, 1.165) is 12.8 Å². The second-order valence-electron chi connectivity index (χ2n) is 8.79. The van der Waals surface area contributed by atoms with E-state index in [1.807, 2.05) is 6.07 Å². The lowest BCUT2D eigenvalue weighted by Gasteiger charge is -2.46. The van der Waals surface area contributed by atoms with Crippen LogP contribution < -0.4 is 21.7 Å². The Hall–Kier alpha value is -2.87. The smallest absolute Gasteiger partial charge is 0.339 e. The zero-order valence-corrected chi connectivity index (χ0v) is 17.7. The summed E-state index contributed by atoms with van der Waals surface area (Å²) < 4.78 is 4.85. The number of carbonyl (C=O) groups is 1. The minimum atomic E-state index is -0.432. The van der Waals surface area contributed by atoms with E-state index in [4.69, 9.17) is 10.5 Å². The third-order valence-electron chi connectivity index (χ3n) is 5.00. The minimum Gasteiger partial charge on any atom is -0.465 e. The van der Waals surface area contributed by atoms with Gasteiger partial charge in [0.25, 0.3) is 0 Å². The van der Waals surface area contributed by atoms with Gasteiger partial charge in [-0.15, -0.1) is 0 Å². The first-order valence-corrected chi connectivity index (χ1v) is 9.71. The van der Waals surface area contributed by atoms with Crippen LogP contribution in [0.2, 0.25) is 0 Å². The number of nitrogen functional groups attached to an aromatic ring is 1. The van der Waals surface area contributed by atoms with Gasteiger partial charge in [0.15, 0.2) is 11.6 Å². The summed E-state index contributed by atoms with van der Waals surface area (Å²) in [6.07, 6.45) is 3.33. The molecule has 1 aromatic heterocycles. The summed E-state index contributed by atoms with van der Waals surface area (Å²) in [6.45, 7) is 8.79. The first kappa shape index (κ1) is 20.9. The highest BCUT2D eigenvalue weighted by molar-refractivity contribution is 5.97. The molecule has 0 bridgehead atoms. The summed E-state index contributed by atoms with van der Waals surface area (Å²) in [7, 11) is 1.35. The highest BCUT2D eigenvalue weighted by Gasteiger charge is 2.38. The van der Waals surface area contributed by atoms with E-state index >= 15 is 0 Å². The largest absolute Gasteiger partial charge is 0.465 e. The van der Waals surface area contributed by atoms with Crippen LogP contribution in [0.5, 0.6) is 0 Å². The SMILES string of the molecule is COC(=O)c1ccccc1Nc1ncnc(NC2CC(C)(C)NC(C)(C)C2)c1N. The van der Waals surface area contributed by atoms with Crippen LogP contribution in [0.25, 0.3) is 0 Å². The molecule has 1 aliphatic heterocycles. The number of aromatic nitrogens is 2. The molecule has 3 rings (SSSR count). The maximum absolute atomic E-state index is 12.0. The number of nitrogens with zero attached hydrogens (tertiary/aromatic N) is 2. The van der Waals surface area contributed by atoms with Gasteiger partial charge in [0.2, 0.25) is 0 Å². The highest BCUT2D eigenvalue weighted by atomic mass is 16.5. The third-order valence-corrected chi connectivity index (χ3v) is 5.00. The average molecular weight is 399 g/mol. The van der Waals surface area contributed by atoms with E-state index in [0.29, 0.717) is 28.6 Å². The molecule has 0 saturated carbocycles. The molecule has 0 atom stereocenters. The molecule has 8 nitrogen and oxygen atoms in total. The van der Waals surface area contributed by atoms with E-state index in [2.05, 4.69) is 53.6 Å². The number of ether oxygens (including phenoxy) is 1. The van der Waals surface area contributed by atoms with Crippen LogP contribution in [-0.4, -0.2) is 40.2 Å². The predicted octanol–water partition coefficient (Wildman–Crippen LogP) is 3.31. The van der Waals surface area contributed by atoms with Crippen molar-refractivity contribution >= 4 is 29.0 Å². The molecule has 5 N–H and O–H groups in total. The Balaban J connectivity index is 1.83. The summed E-state index contributed by atoms with van der Waals surface area (Å²) >= 11 is 0. The monoisotopic (exact) mass is 398 g/mol. The zero-order chi connectivity index (χ0) is 21.2. The fourth-order valence-electron chi connectivity index (χ4n) is 4.24. The van der Waals surface area contributed by atoms with Crippen molar-refractivity contribution in [2.24, 2.45) is 0 Å². The maximum Gasteiger partial charge on any atom is 0.339 e. The molecule has 156 valence electrons. The second kappa shape index (κ2) is 7.87. The van der Waals surface area contributed by atoms with E-state index in [9.17, 15) is 4.79 Å². The van der Waals surface area contributed by atoms with Crippen molar-refractivity contribution in [2.75, 3.05) is 23.5 Å². The molecule has 0 unspecified atom stereocenters. The molecular formula is C21H30N6O2. The molecular weight excluding hydrogens is 368 g/mol. The van der Waals surface area contributed by atoms with Crippen LogP contribution in [0.4, 0.5) is 23.0 Å². The topological polar surface area (TPSA) is 114 Å². The molecule has 1 aliphatic rings. The van der Waals surface area contributed by atoms with E-state index in [1.165, 1.54) is 13.4 Å². The normalized spacial score (nSPS) is 18.1. The standard InChI is InChI=1S/C21H30N6O2/c1-20(2)10-13(11-21(3,4)27-20)25-17-16(22)18(24-12-23-17)26-15-9-7-6-8-14(15)19(28)29-5/h6-9,12-13,27H,10-11,22H2,1-5H3,(H2,23,24,25,26). The molecule has 29 heavy (non-hydrogen) atoms. The summed E-state index contributed by atoms with van der Waals surface area (Å²) in [4.78, 5) is 20.6. The van der Waals surface area contributed by atoms with Crippen molar-refractivity contribution in [3.8, 4) is 0 Å². The van der Waals surface area contributed by atoms with Crippen molar-refractivity contribution in [3.63, 3.8) is 0 Å². The number of hydrogen-bond acceptors (Lipinski definition) is 8. The lowest BCUT2D eigenvalue weighted by Crippen LogP contribution is -2.60. The Bertz CT molecular complexity index is 880. The van der Waals surface area contributed by atoms with Crippen molar-refractivity contribution in [1.82, 2.24) is 15.3 Å². The maximum atomic E-state index is 12.0. The van der Waals surface area contributed by atoms with Gasteiger partial charge in [-0.1, -0.05) is 12.1 Å². The Kier molecular flexibility index (Phi) is 5.66. The fraction of sp³-hybridized carbons (Fsp3) is 0.476. The van der Waals surface area contributed by atoms with Gasteiger partial charge in [-0.3, -0.25) is 0 Å². The summed E-state index contributed by atoms with van der Waals surface area (Å²) in [5.74, 6) is 0.584. The average Bonchev–Trinajstić information content (AvgIpc) is 2.62. The molecule has 0 spiro atoms. The Morgan fingerprint density at radius 1 is 1.14 bits per heavy atom. The number of carbonyl (C=O) groups excluding carboxylic acids is 1. The molecule has 0 radical (unpaired) electrons. The number of esters is 1. The van der Waals surface area contributed by atoms with Crippen LogP contribution in [0.3, 0.4) is 0 Å². The van der Waals surface area contributed by atoms with Gasteiger partial charge >= 0.3 is 5.97 Å². The summed E-state index contributed by atoms with van der Waals surface area (Å²) in [5.41, 5.74) is 7.74. The van der Waals surface area contributed by atoms with Crippen LogP contribution in [0.1, 0.15) is 50.9 Å². The van der Waals surface area contributed by atoms with Crippen molar-refractivity contribution < 1.29 is 9.53 Å². The minimum absolute atomic E-state index is 0.00173. The summed E-state index contributed by atoms with van der Waals surface area (Å²) in [6, 6.07) is 7.27. The zero-order valence-electron chi connectivity index (χ0n) is 17.7. The number of rotatable bonds is 5.